The molecule has 0 aliphatic heterocycles. The zero-order valence-corrected chi connectivity index (χ0v) is 11.9. The first kappa shape index (κ1) is 13.6. The summed E-state index contributed by atoms with van der Waals surface area (Å²) in [5.74, 6) is -0.935. The van der Waals surface area contributed by atoms with Crippen molar-refractivity contribution in [1.82, 2.24) is 0 Å². The van der Waals surface area contributed by atoms with E-state index in [0.29, 0.717) is 16.7 Å². The molecule has 0 fully saturated rings. The number of aromatic carboxylic acids is 1. The second kappa shape index (κ2) is 6.38. The number of carbonyl (C=O) groups is 1. The van der Waals surface area contributed by atoms with Crippen LogP contribution in [-0.2, 0) is 6.42 Å². The third kappa shape index (κ3) is 3.58. The van der Waals surface area contributed by atoms with Crippen molar-refractivity contribution in [3.05, 3.63) is 64.1 Å². The van der Waals surface area contributed by atoms with Gasteiger partial charge in [-0.05, 0) is 40.0 Å². The van der Waals surface area contributed by atoms with Crippen LogP contribution in [0.25, 0.3) is 0 Å². The van der Waals surface area contributed by atoms with Crippen LogP contribution in [0.5, 0.6) is 0 Å². The van der Waals surface area contributed by atoms with E-state index in [-0.39, 0.29) is 5.56 Å². The van der Waals surface area contributed by atoms with Gasteiger partial charge >= 0.3 is 5.97 Å². The van der Waals surface area contributed by atoms with Crippen molar-refractivity contribution < 1.29 is 9.90 Å². The van der Waals surface area contributed by atoms with Crippen LogP contribution in [0.3, 0.4) is 0 Å². The Bertz CT molecular complexity index is 570. The van der Waals surface area contributed by atoms with Gasteiger partial charge in [-0.3, -0.25) is 0 Å². The van der Waals surface area contributed by atoms with Crippen LogP contribution in [0, 0.1) is 0 Å². The number of hydrogen-bond acceptors (Lipinski definition) is 2. The van der Waals surface area contributed by atoms with E-state index in [2.05, 4.69) is 33.4 Å². The van der Waals surface area contributed by atoms with Gasteiger partial charge in [-0.25, -0.2) is 4.79 Å². The van der Waals surface area contributed by atoms with E-state index in [1.54, 1.807) is 12.1 Å². The molecule has 0 saturated heterocycles. The summed E-state index contributed by atoms with van der Waals surface area (Å²) < 4.78 is 0.588. The maximum atomic E-state index is 11.2. The molecule has 2 rings (SSSR count). The molecule has 0 atom stereocenters. The fraction of sp³-hybridized carbons (Fsp3) is 0.133. The molecule has 0 radical (unpaired) electrons. The largest absolute Gasteiger partial charge is 0.478 e. The quantitative estimate of drug-likeness (QED) is 0.881. The van der Waals surface area contributed by atoms with Crippen LogP contribution >= 0.6 is 15.9 Å². The van der Waals surface area contributed by atoms with Crippen LogP contribution in [0.2, 0.25) is 0 Å². The summed E-state index contributed by atoms with van der Waals surface area (Å²) in [4.78, 5) is 11.2. The van der Waals surface area contributed by atoms with Crippen LogP contribution in [0.15, 0.2) is 53.0 Å². The fourth-order valence-corrected chi connectivity index (χ4v) is 2.41. The van der Waals surface area contributed by atoms with Gasteiger partial charge in [-0.2, -0.15) is 0 Å². The molecule has 0 amide bonds. The summed E-state index contributed by atoms with van der Waals surface area (Å²) in [6.07, 6.45) is 0.854. The second-order valence-electron chi connectivity index (χ2n) is 4.13. The molecule has 98 valence electrons. The molecule has 0 aromatic heterocycles. The summed E-state index contributed by atoms with van der Waals surface area (Å²) in [5.41, 5.74) is 2.13. The Morgan fingerprint density at radius 3 is 2.53 bits per heavy atom. The number of halogens is 1. The summed E-state index contributed by atoms with van der Waals surface area (Å²) in [5, 5.41) is 12.4. The van der Waals surface area contributed by atoms with Crippen molar-refractivity contribution in [2.45, 2.75) is 6.42 Å². The molecule has 0 spiro atoms. The van der Waals surface area contributed by atoms with Gasteiger partial charge in [-0.1, -0.05) is 36.4 Å². The summed E-state index contributed by atoms with van der Waals surface area (Å²) in [6, 6.07) is 15.4. The zero-order chi connectivity index (χ0) is 13.7. The second-order valence-corrected chi connectivity index (χ2v) is 4.98. The molecular formula is C15H14BrNO2. The van der Waals surface area contributed by atoms with Gasteiger partial charge in [-0.15, -0.1) is 0 Å². The molecule has 0 bridgehead atoms. The van der Waals surface area contributed by atoms with Crippen LogP contribution in [-0.4, -0.2) is 17.6 Å². The highest BCUT2D eigenvalue weighted by Crippen LogP contribution is 2.24. The van der Waals surface area contributed by atoms with E-state index in [1.165, 1.54) is 5.56 Å². The molecule has 0 heterocycles. The first-order chi connectivity index (χ1) is 9.18. The molecule has 2 aromatic rings. The van der Waals surface area contributed by atoms with Crippen molar-refractivity contribution in [2.24, 2.45) is 0 Å². The number of nitrogens with one attached hydrogen (secondary N) is 1. The van der Waals surface area contributed by atoms with Gasteiger partial charge in [0.2, 0.25) is 0 Å². The van der Waals surface area contributed by atoms with Gasteiger partial charge in [0.1, 0.15) is 0 Å². The Hall–Kier alpha value is -1.81. The predicted octanol–water partition coefficient (Wildman–Crippen LogP) is 3.80. The molecule has 0 unspecified atom stereocenters. The van der Waals surface area contributed by atoms with Gasteiger partial charge in [0.15, 0.2) is 0 Å². The third-order valence-corrected chi connectivity index (χ3v) is 3.46. The van der Waals surface area contributed by atoms with Crippen molar-refractivity contribution >= 4 is 27.6 Å². The lowest BCUT2D eigenvalue weighted by molar-refractivity contribution is 0.0697. The van der Waals surface area contributed by atoms with E-state index in [1.807, 2.05) is 24.3 Å². The predicted molar refractivity (Wildman–Crippen MR) is 79.7 cm³/mol. The number of anilines is 1. The van der Waals surface area contributed by atoms with Crippen molar-refractivity contribution in [1.29, 1.82) is 0 Å². The number of carboxylic acids is 1. The molecule has 3 nitrogen and oxygen atoms in total. The molecule has 0 saturated carbocycles. The fourth-order valence-electron chi connectivity index (χ4n) is 1.87. The highest BCUT2D eigenvalue weighted by atomic mass is 79.9. The van der Waals surface area contributed by atoms with Crippen molar-refractivity contribution in [3.8, 4) is 0 Å². The van der Waals surface area contributed by atoms with Crippen LogP contribution in [0.1, 0.15) is 15.9 Å². The van der Waals surface area contributed by atoms with Gasteiger partial charge in [0.05, 0.1) is 5.56 Å². The normalized spacial score (nSPS) is 10.2. The summed E-state index contributed by atoms with van der Waals surface area (Å²) in [7, 11) is 0. The minimum atomic E-state index is -0.935. The average molecular weight is 320 g/mol. The lowest BCUT2D eigenvalue weighted by atomic mass is 10.1. The van der Waals surface area contributed by atoms with Gasteiger partial charge in [0.25, 0.3) is 0 Å². The lowest BCUT2D eigenvalue weighted by Crippen LogP contribution is -2.10. The minimum absolute atomic E-state index is 0.274. The van der Waals surface area contributed by atoms with Crippen molar-refractivity contribution in [3.63, 3.8) is 0 Å². The molecule has 0 aliphatic carbocycles. The van der Waals surface area contributed by atoms with Crippen LogP contribution < -0.4 is 5.32 Å². The molecule has 0 aliphatic rings. The minimum Gasteiger partial charge on any atom is -0.478 e. The Kier molecular flexibility index (Phi) is 4.58. The molecule has 4 heteroatoms. The Labute approximate surface area is 120 Å². The Balaban J connectivity index is 2.04. The topological polar surface area (TPSA) is 49.3 Å². The number of hydrogen-bond donors (Lipinski definition) is 2. The number of benzene rings is 2. The standard InChI is InChI=1S/C15H14BrNO2/c16-12-7-4-8-13(14(12)15(18)19)17-10-9-11-5-2-1-3-6-11/h1-8,17H,9-10H2,(H,18,19). The SMILES string of the molecule is O=C(O)c1c(Br)cccc1NCCc1ccccc1. The third-order valence-electron chi connectivity index (χ3n) is 2.80. The van der Waals surface area contributed by atoms with E-state index >= 15 is 0 Å². The van der Waals surface area contributed by atoms with Gasteiger partial charge in [0, 0.05) is 16.7 Å². The zero-order valence-electron chi connectivity index (χ0n) is 10.3. The van der Waals surface area contributed by atoms with E-state index in [9.17, 15) is 9.90 Å². The lowest BCUT2D eigenvalue weighted by Gasteiger charge is -2.10. The molecule has 2 aromatic carbocycles. The highest BCUT2D eigenvalue weighted by molar-refractivity contribution is 9.10. The first-order valence-electron chi connectivity index (χ1n) is 5.98. The monoisotopic (exact) mass is 319 g/mol. The summed E-state index contributed by atoms with van der Waals surface area (Å²) in [6.45, 7) is 0.695. The smallest absolute Gasteiger partial charge is 0.338 e. The first-order valence-corrected chi connectivity index (χ1v) is 6.77. The molecular weight excluding hydrogens is 306 g/mol. The maximum Gasteiger partial charge on any atom is 0.338 e. The number of rotatable bonds is 5. The molecule has 2 N–H and O–H groups in total. The van der Waals surface area contributed by atoms with Crippen molar-refractivity contribution in [2.75, 3.05) is 11.9 Å². The van der Waals surface area contributed by atoms with E-state index in [0.717, 1.165) is 6.42 Å². The average Bonchev–Trinajstić information content (AvgIpc) is 2.39. The Morgan fingerprint density at radius 2 is 1.84 bits per heavy atom. The van der Waals surface area contributed by atoms with E-state index < -0.39 is 5.97 Å². The molecule has 19 heavy (non-hydrogen) atoms. The van der Waals surface area contributed by atoms with Gasteiger partial charge < -0.3 is 10.4 Å². The summed E-state index contributed by atoms with van der Waals surface area (Å²) >= 11 is 3.26. The Morgan fingerprint density at radius 1 is 1.11 bits per heavy atom. The maximum absolute atomic E-state index is 11.2. The number of carboxylic acid groups (broad SMARTS) is 1. The van der Waals surface area contributed by atoms with E-state index in [4.69, 9.17) is 0 Å². The highest BCUT2D eigenvalue weighted by Gasteiger charge is 2.13. The van der Waals surface area contributed by atoms with Crippen LogP contribution in [0.4, 0.5) is 5.69 Å².